The minimum atomic E-state index is -0.403. The summed E-state index contributed by atoms with van der Waals surface area (Å²) < 4.78 is 16.2. The first kappa shape index (κ1) is 17.3. The van der Waals surface area contributed by atoms with Gasteiger partial charge in [-0.1, -0.05) is 0 Å². The number of thiazole rings is 1. The standard InChI is InChI=1S/C21H17NO4S/c1-3-25-15-6-4-13(5-7-15)18-12-27-20(22-18)17-11-14-10-16(24-2)8-9-19(14)26-21(17)23/h4-12H,3H2,1-2H3. The summed E-state index contributed by atoms with van der Waals surface area (Å²) in [6.07, 6.45) is 0. The normalized spacial score (nSPS) is 10.9. The van der Waals surface area contributed by atoms with Crippen LogP contribution in [-0.2, 0) is 0 Å². The number of aromatic nitrogens is 1. The summed E-state index contributed by atoms with van der Waals surface area (Å²) in [5.74, 6) is 1.53. The molecule has 0 atom stereocenters. The first-order chi connectivity index (χ1) is 13.2. The van der Waals surface area contributed by atoms with E-state index in [0.29, 0.717) is 28.5 Å². The molecule has 6 heteroatoms. The van der Waals surface area contributed by atoms with Crippen LogP contribution in [0.25, 0.3) is 32.8 Å². The Morgan fingerprint density at radius 2 is 1.85 bits per heavy atom. The molecular weight excluding hydrogens is 362 g/mol. The lowest BCUT2D eigenvalue weighted by atomic mass is 10.1. The largest absolute Gasteiger partial charge is 0.497 e. The Morgan fingerprint density at radius 1 is 1.07 bits per heavy atom. The van der Waals surface area contributed by atoms with E-state index in [1.807, 2.05) is 42.6 Å². The Morgan fingerprint density at radius 3 is 2.59 bits per heavy atom. The second kappa shape index (κ2) is 7.25. The first-order valence-electron chi connectivity index (χ1n) is 8.49. The lowest BCUT2D eigenvalue weighted by Crippen LogP contribution is -2.02. The molecule has 0 aliphatic rings. The van der Waals surface area contributed by atoms with Gasteiger partial charge in [0.2, 0.25) is 0 Å². The van der Waals surface area contributed by atoms with Crippen LogP contribution in [0.15, 0.2) is 63.1 Å². The maximum Gasteiger partial charge on any atom is 0.346 e. The van der Waals surface area contributed by atoms with E-state index in [9.17, 15) is 4.79 Å². The fourth-order valence-electron chi connectivity index (χ4n) is 2.80. The van der Waals surface area contributed by atoms with Gasteiger partial charge >= 0.3 is 5.63 Å². The molecule has 0 bridgehead atoms. The average molecular weight is 379 g/mol. The van der Waals surface area contributed by atoms with Crippen LogP contribution in [0.1, 0.15) is 6.92 Å². The lowest BCUT2D eigenvalue weighted by Gasteiger charge is -2.03. The topological polar surface area (TPSA) is 61.6 Å². The Balaban J connectivity index is 1.72. The van der Waals surface area contributed by atoms with Crippen LogP contribution in [0.5, 0.6) is 11.5 Å². The van der Waals surface area contributed by atoms with E-state index >= 15 is 0 Å². The van der Waals surface area contributed by atoms with E-state index in [-0.39, 0.29) is 0 Å². The van der Waals surface area contributed by atoms with Crippen LogP contribution in [-0.4, -0.2) is 18.7 Å². The molecule has 0 aliphatic heterocycles. The van der Waals surface area contributed by atoms with Crippen LogP contribution < -0.4 is 15.1 Å². The zero-order valence-corrected chi connectivity index (χ0v) is 15.7. The van der Waals surface area contributed by atoms with Gasteiger partial charge in [0.25, 0.3) is 0 Å². The summed E-state index contributed by atoms with van der Waals surface area (Å²) >= 11 is 1.41. The van der Waals surface area contributed by atoms with Crippen molar-refractivity contribution >= 4 is 22.3 Å². The summed E-state index contributed by atoms with van der Waals surface area (Å²) in [4.78, 5) is 17.0. The first-order valence-corrected chi connectivity index (χ1v) is 9.37. The minimum Gasteiger partial charge on any atom is -0.497 e. The predicted molar refractivity (Wildman–Crippen MR) is 107 cm³/mol. The third-order valence-electron chi connectivity index (χ3n) is 4.14. The van der Waals surface area contributed by atoms with Gasteiger partial charge in [-0.15, -0.1) is 11.3 Å². The van der Waals surface area contributed by atoms with Crippen LogP contribution in [0.3, 0.4) is 0 Å². The SMILES string of the molecule is CCOc1ccc(-c2csc(-c3cc4cc(OC)ccc4oc3=O)n2)cc1. The number of fused-ring (bicyclic) bond motifs is 1. The van der Waals surface area contributed by atoms with Gasteiger partial charge in [-0.2, -0.15) is 0 Å². The number of hydrogen-bond donors (Lipinski definition) is 0. The molecule has 0 saturated heterocycles. The van der Waals surface area contributed by atoms with Crippen molar-refractivity contribution in [3.05, 3.63) is 64.3 Å². The molecule has 0 saturated carbocycles. The van der Waals surface area contributed by atoms with Gasteiger partial charge < -0.3 is 13.9 Å². The van der Waals surface area contributed by atoms with E-state index in [4.69, 9.17) is 13.9 Å². The molecule has 0 radical (unpaired) electrons. The molecule has 2 aromatic heterocycles. The quantitative estimate of drug-likeness (QED) is 0.457. The third kappa shape index (κ3) is 3.44. The number of hydrogen-bond acceptors (Lipinski definition) is 6. The van der Waals surface area contributed by atoms with Crippen LogP contribution in [0, 0.1) is 0 Å². The lowest BCUT2D eigenvalue weighted by molar-refractivity contribution is 0.340. The third-order valence-corrected chi connectivity index (χ3v) is 5.01. The molecule has 0 N–H and O–H groups in total. The fraction of sp³-hybridized carbons (Fsp3) is 0.143. The van der Waals surface area contributed by atoms with Gasteiger partial charge in [0.1, 0.15) is 22.1 Å². The highest BCUT2D eigenvalue weighted by molar-refractivity contribution is 7.13. The Hall–Kier alpha value is -3.12. The van der Waals surface area contributed by atoms with Crippen molar-refractivity contribution in [3.8, 4) is 33.3 Å². The molecule has 0 fully saturated rings. The van der Waals surface area contributed by atoms with Crippen molar-refractivity contribution < 1.29 is 13.9 Å². The van der Waals surface area contributed by atoms with Gasteiger partial charge in [-0.3, -0.25) is 0 Å². The van der Waals surface area contributed by atoms with Crippen LogP contribution >= 0.6 is 11.3 Å². The van der Waals surface area contributed by atoms with Gasteiger partial charge in [0.05, 0.1) is 25.0 Å². The van der Waals surface area contributed by atoms with Gasteiger partial charge in [-0.05, 0) is 55.5 Å². The molecule has 136 valence electrons. The Labute approximate surface area is 159 Å². The molecule has 0 aliphatic carbocycles. The predicted octanol–water partition coefficient (Wildman–Crippen LogP) is 4.99. The summed E-state index contributed by atoms with van der Waals surface area (Å²) in [6.45, 7) is 2.58. The second-order valence-electron chi connectivity index (χ2n) is 5.85. The monoisotopic (exact) mass is 379 g/mol. The van der Waals surface area contributed by atoms with E-state index < -0.39 is 5.63 Å². The number of ether oxygens (including phenoxy) is 2. The highest BCUT2D eigenvalue weighted by atomic mass is 32.1. The highest BCUT2D eigenvalue weighted by Crippen LogP contribution is 2.30. The average Bonchev–Trinajstić information content (AvgIpc) is 3.18. The van der Waals surface area contributed by atoms with Crippen molar-refractivity contribution in [3.63, 3.8) is 0 Å². The molecule has 27 heavy (non-hydrogen) atoms. The molecule has 5 nitrogen and oxygen atoms in total. The molecule has 0 unspecified atom stereocenters. The molecule has 2 heterocycles. The molecule has 4 rings (SSSR count). The van der Waals surface area contributed by atoms with E-state index in [1.54, 1.807) is 25.3 Å². The molecule has 2 aromatic carbocycles. The maximum absolute atomic E-state index is 12.4. The Bertz CT molecular complexity index is 1150. The molecule has 0 spiro atoms. The Kier molecular flexibility index (Phi) is 4.64. The summed E-state index contributed by atoms with van der Waals surface area (Å²) in [5, 5.41) is 3.35. The second-order valence-corrected chi connectivity index (χ2v) is 6.70. The summed E-state index contributed by atoms with van der Waals surface area (Å²) in [6, 6.07) is 14.9. The summed E-state index contributed by atoms with van der Waals surface area (Å²) in [7, 11) is 1.60. The van der Waals surface area contributed by atoms with Crippen molar-refractivity contribution in [1.82, 2.24) is 4.98 Å². The van der Waals surface area contributed by atoms with Crippen molar-refractivity contribution in [2.45, 2.75) is 6.92 Å². The molecule has 4 aromatic rings. The maximum atomic E-state index is 12.4. The van der Waals surface area contributed by atoms with Crippen molar-refractivity contribution in [2.24, 2.45) is 0 Å². The van der Waals surface area contributed by atoms with E-state index in [0.717, 1.165) is 22.4 Å². The number of benzene rings is 2. The molecule has 0 amide bonds. The number of nitrogens with zero attached hydrogens (tertiary/aromatic N) is 1. The zero-order valence-electron chi connectivity index (χ0n) is 14.9. The molecular formula is C21H17NO4S. The zero-order chi connectivity index (χ0) is 18.8. The smallest absolute Gasteiger partial charge is 0.346 e. The van der Waals surface area contributed by atoms with Gasteiger partial charge in [-0.25, -0.2) is 9.78 Å². The van der Waals surface area contributed by atoms with Crippen LogP contribution in [0.4, 0.5) is 0 Å². The minimum absolute atomic E-state index is 0.403. The van der Waals surface area contributed by atoms with E-state index in [2.05, 4.69) is 4.98 Å². The highest BCUT2D eigenvalue weighted by Gasteiger charge is 2.13. The summed E-state index contributed by atoms with van der Waals surface area (Å²) in [5.41, 5.74) is 2.34. The van der Waals surface area contributed by atoms with E-state index in [1.165, 1.54) is 11.3 Å². The van der Waals surface area contributed by atoms with Crippen molar-refractivity contribution in [1.29, 1.82) is 0 Å². The van der Waals surface area contributed by atoms with Crippen molar-refractivity contribution in [2.75, 3.05) is 13.7 Å². The number of methoxy groups -OCH3 is 1. The van der Waals surface area contributed by atoms with Gasteiger partial charge in [0.15, 0.2) is 0 Å². The fourth-order valence-corrected chi connectivity index (χ4v) is 3.63. The van der Waals surface area contributed by atoms with Crippen LogP contribution in [0.2, 0.25) is 0 Å². The number of rotatable bonds is 5. The van der Waals surface area contributed by atoms with Gasteiger partial charge in [0, 0.05) is 16.3 Å².